The molecule has 106 valence electrons. The molecule has 3 heteroatoms. The Morgan fingerprint density at radius 3 is 3.05 bits per heavy atom. The van der Waals surface area contributed by atoms with Gasteiger partial charge in [0.2, 0.25) is 0 Å². The van der Waals surface area contributed by atoms with Crippen LogP contribution in [-0.4, -0.2) is 23.2 Å². The van der Waals surface area contributed by atoms with Gasteiger partial charge in [0.15, 0.2) is 0 Å². The second kappa shape index (κ2) is 6.71. The van der Waals surface area contributed by atoms with Gasteiger partial charge >= 0.3 is 0 Å². The van der Waals surface area contributed by atoms with E-state index in [9.17, 15) is 0 Å². The van der Waals surface area contributed by atoms with Crippen molar-refractivity contribution in [1.29, 1.82) is 0 Å². The molecule has 1 heterocycles. The zero-order valence-electron chi connectivity index (χ0n) is 11.8. The molecule has 0 spiro atoms. The molecule has 0 aliphatic heterocycles. The number of aromatic nitrogens is 2. The first-order valence-corrected chi connectivity index (χ1v) is 7.54. The van der Waals surface area contributed by atoms with Crippen LogP contribution in [0, 0.1) is 5.92 Å². The van der Waals surface area contributed by atoms with Gasteiger partial charge in [-0.05, 0) is 43.6 Å². The van der Waals surface area contributed by atoms with Crippen LogP contribution in [0.1, 0.15) is 29.8 Å². The summed E-state index contributed by atoms with van der Waals surface area (Å²) >= 11 is 0. The third kappa shape index (κ3) is 3.48. The van der Waals surface area contributed by atoms with Crippen LogP contribution in [0.2, 0.25) is 0 Å². The van der Waals surface area contributed by atoms with Gasteiger partial charge < -0.3 is 9.72 Å². The fraction of sp³-hybridized carbons (Fsp3) is 0.471. The van der Waals surface area contributed by atoms with Crippen LogP contribution in [0.25, 0.3) is 0 Å². The predicted octanol–water partition coefficient (Wildman–Crippen LogP) is 3.16. The van der Waals surface area contributed by atoms with Crippen molar-refractivity contribution in [2.75, 3.05) is 13.2 Å². The monoisotopic (exact) mass is 270 g/mol. The number of aryl methyl sites for hydroxylation is 2. The van der Waals surface area contributed by atoms with Crippen molar-refractivity contribution in [3.8, 4) is 0 Å². The van der Waals surface area contributed by atoms with E-state index in [0.717, 1.165) is 38.9 Å². The molecule has 20 heavy (non-hydrogen) atoms. The number of ether oxygens (including phenoxy) is 1. The minimum atomic E-state index is 0.652. The zero-order valence-corrected chi connectivity index (χ0v) is 11.8. The zero-order chi connectivity index (χ0) is 13.6. The third-order valence-electron chi connectivity index (χ3n) is 4.04. The van der Waals surface area contributed by atoms with E-state index >= 15 is 0 Å². The molecule has 0 fully saturated rings. The summed E-state index contributed by atoms with van der Waals surface area (Å²) in [5, 5.41) is 0. The van der Waals surface area contributed by atoms with Crippen molar-refractivity contribution in [2.24, 2.45) is 5.92 Å². The van der Waals surface area contributed by atoms with E-state index < -0.39 is 0 Å². The lowest BCUT2D eigenvalue weighted by Crippen LogP contribution is -2.19. The molecule has 0 bridgehead atoms. The van der Waals surface area contributed by atoms with Crippen LogP contribution < -0.4 is 0 Å². The van der Waals surface area contributed by atoms with Crippen LogP contribution >= 0.6 is 0 Å². The van der Waals surface area contributed by atoms with Gasteiger partial charge in [-0.15, -0.1) is 0 Å². The number of imidazole rings is 1. The minimum Gasteiger partial charge on any atom is -0.381 e. The smallest absolute Gasteiger partial charge is 0.0925 e. The highest BCUT2D eigenvalue weighted by Crippen LogP contribution is 2.22. The van der Waals surface area contributed by atoms with E-state index in [4.69, 9.17) is 4.74 Å². The molecule has 2 aromatic rings. The van der Waals surface area contributed by atoms with Crippen molar-refractivity contribution in [3.05, 3.63) is 53.6 Å². The second-order valence-corrected chi connectivity index (χ2v) is 5.60. The average molecular weight is 270 g/mol. The van der Waals surface area contributed by atoms with Crippen LogP contribution in [0.4, 0.5) is 0 Å². The van der Waals surface area contributed by atoms with Crippen molar-refractivity contribution >= 4 is 0 Å². The maximum absolute atomic E-state index is 5.85. The molecule has 1 N–H and O–H groups in total. The fourth-order valence-corrected chi connectivity index (χ4v) is 2.89. The summed E-state index contributed by atoms with van der Waals surface area (Å²) in [5.41, 5.74) is 3.97. The molecule has 1 unspecified atom stereocenters. The first-order valence-electron chi connectivity index (χ1n) is 7.54. The number of fused-ring (bicyclic) bond motifs is 1. The normalized spacial score (nSPS) is 17.9. The van der Waals surface area contributed by atoms with Gasteiger partial charge in [-0.3, -0.25) is 0 Å². The number of H-pyrrole nitrogens is 1. The fourth-order valence-electron chi connectivity index (χ4n) is 2.89. The highest BCUT2D eigenvalue weighted by Gasteiger charge is 2.20. The summed E-state index contributed by atoms with van der Waals surface area (Å²) in [7, 11) is 0. The van der Waals surface area contributed by atoms with Gasteiger partial charge in [0.1, 0.15) is 0 Å². The number of nitrogens with one attached hydrogen (secondary N) is 1. The third-order valence-corrected chi connectivity index (χ3v) is 4.04. The summed E-state index contributed by atoms with van der Waals surface area (Å²) in [5.74, 6) is 0.652. The predicted molar refractivity (Wildman–Crippen MR) is 79.7 cm³/mol. The molecule has 0 saturated carbocycles. The van der Waals surface area contributed by atoms with Crippen LogP contribution in [0.3, 0.4) is 0 Å². The average Bonchev–Trinajstić information content (AvgIpc) is 2.95. The van der Waals surface area contributed by atoms with Gasteiger partial charge in [0, 0.05) is 18.9 Å². The SMILES string of the molecule is c1ccc(CCCOCC2CCc3nc[nH]c3C2)cc1. The van der Waals surface area contributed by atoms with Crippen molar-refractivity contribution in [1.82, 2.24) is 9.97 Å². The summed E-state index contributed by atoms with van der Waals surface area (Å²) in [6.45, 7) is 1.74. The van der Waals surface area contributed by atoms with E-state index in [1.165, 1.54) is 23.4 Å². The Morgan fingerprint density at radius 1 is 1.25 bits per heavy atom. The van der Waals surface area contributed by atoms with Crippen molar-refractivity contribution < 1.29 is 4.74 Å². The Labute approximate surface area is 120 Å². The Morgan fingerprint density at radius 2 is 2.15 bits per heavy atom. The molecule has 1 aliphatic carbocycles. The summed E-state index contributed by atoms with van der Waals surface area (Å²) in [4.78, 5) is 7.58. The molecule has 3 nitrogen and oxygen atoms in total. The number of benzene rings is 1. The lowest BCUT2D eigenvalue weighted by atomic mass is 9.90. The van der Waals surface area contributed by atoms with E-state index in [1.54, 1.807) is 0 Å². The molecule has 0 radical (unpaired) electrons. The number of nitrogens with zero attached hydrogens (tertiary/aromatic N) is 1. The minimum absolute atomic E-state index is 0.652. The van der Waals surface area contributed by atoms with Gasteiger partial charge in [0.25, 0.3) is 0 Å². The number of hydrogen-bond donors (Lipinski definition) is 1. The maximum atomic E-state index is 5.85. The molecule has 1 aromatic carbocycles. The van der Waals surface area contributed by atoms with E-state index in [-0.39, 0.29) is 0 Å². The molecule has 1 aliphatic rings. The Balaban J connectivity index is 1.33. The highest BCUT2D eigenvalue weighted by molar-refractivity contribution is 5.15. The number of hydrogen-bond acceptors (Lipinski definition) is 2. The first-order chi connectivity index (χ1) is 9.92. The summed E-state index contributed by atoms with van der Waals surface area (Å²) in [6.07, 6.45) is 7.41. The molecule has 1 atom stereocenters. The van der Waals surface area contributed by atoms with E-state index in [2.05, 4.69) is 40.3 Å². The van der Waals surface area contributed by atoms with Gasteiger partial charge in [-0.1, -0.05) is 30.3 Å². The lowest BCUT2D eigenvalue weighted by molar-refractivity contribution is 0.0922. The van der Waals surface area contributed by atoms with E-state index in [0.29, 0.717) is 5.92 Å². The summed E-state index contributed by atoms with van der Waals surface area (Å²) < 4.78 is 5.85. The van der Waals surface area contributed by atoms with Crippen LogP contribution in [0.5, 0.6) is 0 Å². The topological polar surface area (TPSA) is 37.9 Å². The Hall–Kier alpha value is -1.61. The van der Waals surface area contributed by atoms with Gasteiger partial charge in [-0.25, -0.2) is 4.98 Å². The van der Waals surface area contributed by atoms with E-state index in [1.807, 2.05) is 6.33 Å². The van der Waals surface area contributed by atoms with Crippen LogP contribution in [0.15, 0.2) is 36.7 Å². The van der Waals surface area contributed by atoms with Crippen molar-refractivity contribution in [3.63, 3.8) is 0 Å². The largest absolute Gasteiger partial charge is 0.381 e. The molecule has 0 amide bonds. The number of aromatic amines is 1. The molecule has 3 rings (SSSR count). The maximum Gasteiger partial charge on any atom is 0.0925 e. The Bertz CT molecular complexity index is 521. The van der Waals surface area contributed by atoms with Crippen LogP contribution in [-0.2, 0) is 24.0 Å². The van der Waals surface area contributed by atoms with Crippen molar-refractivity contribution in [2.45, 2.75) is 32.1 Å². The lowest BCUT2D eigenvalue weighted by Gasteiger charge is -2.21. The second-order valence-electron chi connectivity index (χ2n) is 5.60. The van der Waals surface area contributed by atoms with Gasteiger partial charge in [0.05, 0.1) is 12.0 Å². The standard InChI is InChI=1S/C17H22N2O/c1-2-5-14(6-3-1)7-4-10-20-12-15-8-9-16-17(11-15)19-13-18-16/h1-3,5-6,13,15H,4,7-12H2,(H,18,19). The molecule has 1 aromatic heterocycles. The quantitative estimate of drug-likeness (QED) is 0.819. The molecule has 0 saturated heterocycles. The number of rotatable bonds is 6. The highest BCUT2D eigenvalue weighted by atomic mass is 16.5. The molecular weight excluding hydrogens is 248 g/mol. The Kier molecular flexibility index (Phi) is 4.49. The molecular formula is C17H22N2O. The summed E-state index contributed by atoms with van der Waals surface area (Å²) in [6, 6.07) is 10.6. The van der Waals surface area contributed by atoms with Gasteiger partial charge in [-0.2, -0.15) is 0 Å². The first kappa shape index (κ1) is 13.4.